The van der Waals surface area contributed by atoms with Crippen LogP contribution in [0.25, 0.3) is 27.2 Å². The molecule has 0 spiro atoms. The molecule has 0 aliphatic carbocycles. The van der Waals surface area contributed by atoms with Gasteiger partial charge >= 0.3 is 0 Å². The molecule has 0 saturated heterocycles. The standard InChI is InChI=1S/C14H15N7OS/c1-7(2)9-5-11(20(4)18-9)12-16-17-14-21(12)19-13(23-14)10-6-22-8(3)15-10/h5-7H,1-4H3. The van der Waals surface area contributed by atoms with Gasteiger partial charge in [0.25, 0.3) is 0 Å². The Labute approximate surface area is 135 Å². The van der Waals surface area contributed by atoms with Gasteiger partial charge in [-0.2, -0.15) is 14.7 Å². The fraction of sp³-hybridized carbons (Fsp3) is 0.357. The highest BCUT2D eigenvalue weighted by molar-refractivity contribution is 7.19. The molecule has 23 heavy (non-hydrogen) atoms. The molecule has 0 aliphatic rings. The molecule has 0 radical (unpaired) electrons. The van der Waals surface area contributed by atoms with Crippen LogP contribution in [0.4, 0.5) is 0 Å². The van der Waals surface area contributed by atoms with Crippen molar-refractivity contribution < 1.29 is 4.42 Å². The van der Waals surface area contributed by atoms with E-state index in [9.17, 15) is 0 Å². The van der Waals surface area contributed by atoms with Crippen LogP contribution >= 0.6 is 11.3 Å². The van der Waals surface area contributed by atoms with E-state index in [2.05, 4.69) is 39.2 Å². The van der Waals surface area contributed by atoms with Crippen molar-refractivity contribution in [3.05, 3.63) is 23.9 Å². The molecule has 4 aromatic rings. The second-order valence-electron chi connectivity index (χ2n) is 5.61. The van der Waals surface area contributed by atoms with Crippen LogP contribution in [0.5, 0.6) is 0 Å². The van der Waals surface area contributed by atoms with Gasteiger partial charge in [0.15, 0.2) is 10.9 Å². The summed E-state index contributed by atoms with van der Waals surface area (Å²) in [6.45, 7) is 6.02. The highest BCUT2D eigenvalue weighted by atomic mass is 32.1. The Kier molecular flexibility index (Phi) is 3.05. The smallest absolute Gasteiger partial charge is 0.235 e. The van der Waals surface area contributed by atoms with Gasteiger partial charge in [0.1, 0.15) is 17.7 Å². The van der Waals surface area contributed by atoms with Gasteiger partial charge in [0.05, 0.1) is 5.69 Å². The van der Waals surface area contributed by atoms with E-state index in [0.29, 0.717) is 28.3 Å². The number of aryl methyl sites for hydroxylation is 2. The largest absolute Gasteiger partial charge is 0.449 e. The lowest BCUT2D eigenvalue weighted by molar-refractivity contribution is 0.521. The van der Waals surface area contributed by atoms with Gasteiger partial charge in [-0.25, -0.2) is 4.98 Å². The van der Waals surface area contributed by atoms with E-state index in [-0.39, 0.29) is 0 Å². The predicted octanol–water partition coefficient (Wildman–Crippen LogP) is 2.67. The van der Waals surface area contributed by atoms with E-state index in [1.54, 1.807) is 17.7 Å². The van der Waals surface area contributed by atoms with E-state index < -0.39 is 0 Å². The van der Waals surface area contributed by atoms with Crippen molar-refractivity contribution in [3.63, 3.8) is 0 Å². The van der Waals surface area contributed by atoms with E-state index >= 15 is 0 Å². The lowest BCUT2D eigenvalue weighted by Gasteiger charge is -1.96. The number of nitrogens with zero attached hydrogens (tertiary/aromatic N) is 7. The van der Waals surface area contributed by atoms with Gasteiger partial charge in [-0.1, -0.05) is 25.2 Å². The zero-order valence-corrected chi connectivity index (χ0v) is 14.0. The number of rotatable bonds is 3. The summed E-state index contributed by atoms with van der Waals surface area (Å²) in [5.74, 6) is 1.63. The first-order valence-electron chi connectivity index (χ1n) is 7.22. The Hall–Kier alpha value is -2.55. The van der Waals surface area contributed by atoms with Crippen LogP contribution in [0.15, 0.2) is 16.7 Å². The Bertz CT molecular complexity index is 990. The van der Waals surface area contributed by atoms with Crippen molar-refractivity contribution in [1.82, 2.24) is 34.6 Å². The number of hydrogen-bond donors (Lipinski definition) is 0. The monoisotopic (exact) mass is 329 g/mol. The minimum atomic E-state index is 0.350. The second-order valence-corrected chi connectivity index (χ2v) is 6.57. The molecule has 0 bridgehead atoms. The summed E-state index contributed by atoms with van der Waals surface area (Å²) >= 11 is 1.42. The average Bonchev–Trinajstić information content (AvgIpc) is 3.21. The third-order valence-electron chi connectivity index (χ3n) is 3.55. The number of oxazole rings is 1. The highest BCUT2D eigenvalue weighted by Crippen LogP contribution is 2.28. The first-order valence-corrected chi connectivity index (χ1v) is 8.03. The van der Waals surface area contributed by atoms with Crippen LogP contribution in [0, 0.1) is 6.92 Å². The third kappa shape index (κ3) is 2.24. The van der Waals surface area contributed by atoms with Gasteiger partial charge in [0, 0.05) is 14.0 Å². The van der Waals surface area contributed by atoms with Crippen LogP contribution in [0.3, 0.4) is 0 Å². The first kappa shape index (κ1) is 14.1. The zero-order valence-electron chi connectivity index (χ0n) is 13.2. The zero-order chi connectivity index (χ0) is 16.1. The molecule has 0 saturated carbocycles. The fourth-order valence-corrected chi connectivity index (χ4v) is 3.11. The lowest BCUT2D eigenvalue weighted by atomic mass is 10.1. The van der Waals surface area contributed by atoms with E-state index in [0.717, 1.165) is 16.4 Å². The Morgan fingerprint density at radius 3 is 2.70 bits per heavy atom. The van der Waals surface area contributed by atoms with Crippen LogP contribution < -0.4 is 0 Å². The molecule has 0 atom stereocenters. The molecule has 0 aliphatic heterocycles. The van der Waals surface area contributed by atoms with E-state index in [1.165, 1.54) is 11.3 Å². The predicted molar refractivity (Wildman–Crippen MR) is 85.2 cm³/mol. The summed E-state index contributed by atoms with van der Waals surface area (Å²) in [4.78, 5) is 5.02. The third-order valence-corrected chi connectivity index (χ3v) is 4.47. The van der Waals surface area contributed by atoms with E-state index in [4.69, 9.17) is 4.42 Å². The van der Waals surface area contributed by atoms with E-state index in [1.807, 2.05) is 17.8 Å². The fourth-order valence-electron chi connectivity index (χ4n) is 2.32. The molecule has 118 valence electrons. The van der Waals surface area contributed by atoms with Crippen LogP contribution in [-0.4, -0.2) is 34.6 Å². The molecule has 0 fully saturated rings. The van der Waals surface area contributed by atoms with Crippen molar-refractivity contribution >= 4 is 16.3 Å². The van der Waals surface area contributed by atoms with Crippen LogP contribution in [-0.2, 0) is 7.05 Å². The van der Waals surface area contributed by atoms with Gasteiger partial charge in [0.2, 0.25) is 10.8 Å². The molecule has 9 heteroatoms. The maximum atomic E-state index is 5.25. The Morgan fingerprint density at radius 2 is 2.04 bits per heavy atom. The maximum absolute atomic E-state index is 5.25. The SMILES string of the molecule is Cc1nc(-c2nn3c(-c4cc(C(C)C)nn4C)nnc3s2)co1. The maximum Gasteiger partial charge on any atom is 0.235 e. The molecule has 0 amide bonds. The van der Waals surface area contributed by atoms with Crippen molar-refractivity contribution in [3.8, 4) is 22.2 Å². The molecule has 0 aromatic carbocycles. The van der Waals surface area contributed by atoms with Gasteiger partial charge in [-0.15, -0.1) is 10.2 Å². The number of fused-ring (bicyclic) bond motifs is 1. The minimum Gasteiger partial charge on any atom is -0.449 e. The first-order chi connectivity index (χ1) is 11.0. The second kappa shape index (κ2) is 4.98. The molecule has 4 rings (SSSR count). The van der Waals surface area contributed by atoms with Crippen molar-refractivity contribution in [2.24, 2.45) is 7.05 Å². The number of aromatic nitrogens is 7. The summed E-state index contributed by atoms with van der Waals surface area (Å²) in [5.41, 5.74) is 2.60. The van der Waals surface area contributed by atoms with Gasteiger partial charge < -0.3 is 4.42 Å². The summed E-state index contributed by atoms with van der Waals surface area (Å²) in [6.07, 6.45) is 1.60. The summed E-state index contributed by atoms with van der Waals surface area (Å²) in [7, 11) is 1.90. The highest BCUT2D eigenvalue weighted by Gasteiger charge is 2.19. The average molecular weight is 329 g/mol. The van der Waals surface area contributed by atoms with Gasteiger partial charge in [-0.3, -0.25) is 4.68 Å². The molecule has 4 aromatic heterocycles. The van der Waals surface area contributed by atoms with Gasteiger partial charge in [-0.05, 0) is 12.0 Å². The molecular formula is C14H15N7OS. The normalized spacial score (nSPS) is 11.9. The minimum absolute atomic E-state index is 0.350. The molecule has 0 N–H and O–H groups in total. The Balaban J connectivity index is 1.83. The molecule has 8 nitrogen and oxygen atoms in total. The van der Waals surface area contributed by atoms with Crippen molar-refractivity contribution in [2.75, 3.05) is 0 Å². The van der Waals surface area contributed by atoms with Crippen LogP contribution in [0.2, 0.25) is 0 Å². The quantitative estimate of drug-likeness (QED) is 0.574. The lowest BCUT2D eigenvalue weighted by Crippen LogP contribution is -1.99. The van der Waals surface area contributed by atoms with Crippen molar-refractivity contribution in [1.29, 1.82) is 0 Å². The number of hydrogen-bond acceptors (Lipinski definition) is 7. The molecule has 0 unspecified atom stereocenters. The van der Waals surface area contributed by atoms with Crippen LogP contribution in [0.1, 0.15) is 31.4 Å². The summed E-state index contributed by atoms with van der Waals surface area (Å²) < 4.78 is 8.79. The Morgan fingerprint density at radius 1 is 1.22 bits per heavy atom. The summed E-state index contributed by atoms with van der Waals surface area (Å²) in [6, 6.07) is 2.03. The summed E-state index contributed by atoms with van der Waals surface area (Å²) in [5, 5.41) is 18.3. The molecule has 4 heterocycles. The topological polar surface area (TPSA) is 86.9 Å². The van der Waals surface area contributed by atoms with Crippen molar-refractivity contribution in [2.45, 2.75) is 26.7 Å². The molecular weight excluding hydrogens is 314 g/mol.